The van der Waals surface area contributed by atoms with E-state index in [4.69, 9.17) is 14.9 Å². The van der Waals surface area contributed by atoms with Crippen LogP contribution in [-0.4, -0.2) is 63.0 Å². The smallest absolute Gasteiger partial charge is 0.328 e. The zero-order valence-corrected chi connectivity index (χ0v) is 16.9. The molecule has 0 spiro atoms. The predicted molar refractivity (Wildman–Crippen MR) is 110 cm³/mol. The minimum atomic E-state index is -1.26. The normalized spacial score (nSPS) is 21.8. The number of aliphatic carboxylic acids is 2. The predicted octanol–water partition coefficient (Wildman–Crippen LogP) is 2.12. The van der Waals surface area contributed by atoms with Crippen molar-refractivity contribution in [3.8, 4) is 17.7 Å². The van der Waals surface area contributed by atoms with E-state index in [-0.39, 0.29) is 6.10 Å². The van der Waals surface area contributed by atoms with Crippen LogP contribution in [0.15, 0.2) is 41.1 Å². The van der Waals surface area contributed by atoms with Crippen LogP contribution in [0.25, 0.3) is 0 Å². The van der Waals surface area contributed by atoms with Gasteiger partial charge in [0.1, 0.15) is 11.8 Å². The molecule has 0 saturated carbocycles. The summed E-state index contributed by atoms with van der Waals surface area (Å²) in [4.78, 5) is 21.6. The lowest BCUT2D eigenvalue weighted by Gasteiger charge is -2.44. The van der Waals surface area contributed by atoms with Crippen LogP contribution in [0.5, 0.6) is 5.88 Å². The van der Waals surface area contributed by atoms with Crippen molar-refractivity contribution in [2.75, 3.05) is 19.6 Å². The number of fused-ring (bicyclic) bond motifs is 3. The second-order valence-electron chi connectivity index (χ2n) is 6.82. The van der Waals surface area contributed by atoms with Crippen LogP contribution < -0.4 is 4.74 Å². The number of hydrogen-bond acceptors (Lipinski definition) is 7. The third kappa shape index (κ3) is 6.69. The summed E-state index contributed by atoms with van der Waals surface area (Å²) < 4.78 is 6.03. The molecule has 0 aromatic carbocycles. The maximum atomic E-state index is 9.55. The van der Waals surface area contributed by atoms with E-state index in [1.165, 1.54) is 25.9 Å². The number of aromatic nitrogens is 2. The average Bonchev–Trinajstić information content (AvgIpc) is 3.27. The van der Waals surface area contributed by atoms with Crippen LogP contribution in [0.3, 0.4) is 0 Å². The van der Waals surface area contributed by atoms with Gasteiger partial charge in [-0.3, -0.25) is 4.90 Å². The van der Waals surface area contributed by atoms with Gasteiger partial charge < -0.3 is 14.9 Å². The van der Waals surface area contributed by atoms with Crippen molar-refractivity contribution < 1.29 is 24.5 Å². The molecule has 2 aromatic rings. The second kappa shape index (κ2) is 10.5. The lowest BCUT2D eigenvalue weighted by atomic mass is 9.86. The van der Waals surface area contributed by atoms with E-state index in [0.29, 0.717) is 29.6 Å². The first-order chi connectivity index (χ1) is 14.5. The maximum Gasteiger partial charge on any atom is 0.328 e. The van der Waals surface area contributed by atoms with E-state index in [9.17, 15) is 9.59 Å². The number of thiophene rings is 1. The van der Waals surface area contributed by atoms with Gasteiger partial charge in [-0.15, -0.1) is 10.2 Å². The van der Waals surface area contributed by atoms with Crippen LogP contribution >= 0.6 is 11.3 Å². The van der Waals surface area contributed by atoms with Gasteiger partial charge in [-0.25, -0.2) is 9.59 Å². The molecule has 9 heteroatoms. The number of carboxylic acid groups (broad SMARTS) is 2. The van der Waals surface area contributed by atoms with Crippen molar-refractivity contribution in [1.82, 2.24) is 15.1 Å². The van der Waals surface area contributed by atoms with Crippen LogP contribution in [0.2, 0.25) is 0 Å². The molecule has 1 unspecified atom stereocenters. The molecule has 1 atom stereocenters. The van der Waals surface area contributed by atoms with Gasteiger partial charge >= 0.3 is 11.9 Å². The van der Waals surface area contributed by atoms with Crippen LogP contribution in [0.1, 0.15) is 24.1 Å². The number of carboxylic acids is 2. The van der Waals surface area contributed by atoms with Gasteiger partial charge in [0, 0.05) is 35.7 Å². The van der Waals surface area contributed by atoms with E-state index < -0.39 is 11.9 Å². The quantitative estimate of drug-likeness (QED) is 0.564. The molecule has 0 aliphatic carbocycles. The number of piperidine rings is 3. The Hall–Kier alpha value is -3.22. The molecule has 8 nitrogen and oxygen atoms in total. The summed E-state index contributed by atoms with van der Waals surface area (Å²) in [6.45, 7) is 3.45. The highest BCUT2D eigenvalue weighted by Gasteiger charge is 2.35. The van der Waals surface area contributed by atoms with E-state index in [2.05, 4.69) is 26.9 Å². The average molecular weight is 427 g/mol. The molecule has 0 amide bonds. The largest absolute Gasteiger partial charge is 0.478 e. The van der Waals surface area contributed by atoms with Crippen molar-refractivity contribution in [2.45, 2.75) is 18.9 Å². The number of hydrogen-bond donors (Lipinski definition) is 2. The first kappa shape index (κ1) is 21.5. The summed E-state index contributed by atoms with van der Waals surface area (Å²) >= 11 is 1.64. The molecule has 3 fully saturated rings. The van der Waals surface area contributed by atoms with Gasteiger partial charge in [0.25, 0.3) is 0 Å². The Bertz CT molecular complexity index is 923. The van der Waals surface area contributed by atoms with Crippen molar-refractivity contribution in [1.29, 1.82) is 0 Å². The van der Waals surface area contributed by atoms with E-state index in [1.807, 2.05) is 29.0 Å². The molecule has 5 heterocycles. The summed E-state index contributed by atoms with van der Waals surface area (Å²) in [5.41, 5.74) is 1.69. The molecule has 2 N–H and O–H groups in total. The summed E-state index contributed by atoms with van der Waals surface area (Å²) in [7, 11) is 0. The Labute approximate surface area is 177 Å². The summed E-state index contributed by atoms with van der Waals surface area (Å²) in [6.07, 6.45) is 3.86. The van der Waals surface area contributed by atoms with Crippen molar-refractivity contribution >= 4 is 23.3 Å². The topological polar surface area (TPSA) is 113 Å². The van der Waals surface area contributed by atoms with Crippen LogP contribution in [0.4, 0.5) is 0 Å². The molecule has 5 rings (SSSR count). The molecule has 2 bridgehead atoms. The first-order valence-corrected chi connectivity index (χ1v) is 10.3. The monoisotopic (exact) mass is 427 g/mol. The molecule has 3 aliphatic heterocycles. The fourth-order valence-electron chi connectivity index (χ4n) is 3.26. The van der Waals surface area contributed by atoms with Crippen LogP contribution in [-0.2, 0) is 9.59 Å². The van der Waals surface area contributed by atoms with E-state index in [1.54, 1.807) is 11.3 Å². The molecular weight excluding hydrogens is 406 g/mol. The summed E-state index contributed by atoms with van der Waals surface area (Å²) in [5, 5.41) is 28.0. The highest BCUT2D eigenvalue weighted by atomic mass is 32.1. The SMILES string of the molecule is C(#Cc1ccc(OC2CN3CCC2CC3)nn1)c1ccsc1.O=C(O)/C=C/C(=O)O. The maximum absolute atomic E-state index is 9.55. The minimum absolute atomic E-state index is 0.263. The molecular formula is C21H21N3O5S. The molecule has 3 saturated heterocycles. The van der Waals surface area contributed by atoms with Crippen LogP contribution in [0, 0.1) is 17.8 Å². The van der Waals surface area contributed by atoms with Gasteiger partial charge in [0.05, 0.1) is 0 Å². The van der Waals surface area contributed by atoms with E-state index >= 15 is 0 Å². The number of carbonyl (C=O) groups is 2. The summed E-state index contributed by atoms with van der Waals surface area (Å²) in [6, 6.07) is 5.75. The Balaban J connectivity index is 0.000000275. The molecule has 30 heavy (non-hydrogen) atoms. The van der Waals surface area contributed by atoms with Gasteiger partial charge in [-0.2, -0.15) is 11.3 Å². The van der Waals surface area contributed by atoms with Gasteiger partial charge in [-0.05, 0) is 55.3 Å². The molecule has 0 radical (unpaired) electrons. The lowest BCUT2D eigenvalue weighted by Crippen LogP contribution is -2.52. The lowest BCUT2D eigenvalue weighted by molar-refractivity contribution is -0.134. The van der Waals surface area contributed by atoms with Crippen molar-refractivity contribution in [3.05, 3.63) is 52.4 Å². The third-order valence-electron chi connectivity index (χ3n) is 4.73. The van der Waals surface area contributed by atoms with Gasteiger partial charge in [0.15, 0.2) is 0 Å². The third-order valence-corrected chi connectivity index (χ3v) is 5.42. The Morgan fingerprint density at radius 1 is 1.10 bits per heavy atom. The number of ether oxygens (including phenoxy) is 1. The standard InChI is InChI=1S/C17H17N3OS.C4H4O4/c1(13-7-10-22-12-13)2-15-3-4-17(19-18-15)21-16-11-20-8-5-14(16)6-9-20;5-3(6)1-2-4(7)8/h3-4,7,10,12,14,16H,5-6,8-9,11H2;1-2H,(H,5,6)(H,7,8)/b;2-1+. The highest BCUT2D eigenvalue weighted by Crippen LogP contribution is 2.29. The Kier molecular flexibility index (Phi) is 7.54. The first-order valence-electron chi connectivity index (χ1n) is 9.40. The Morgan fingerprint density at radius 3 is 2.33 bits per heavy atom. The fraction of sp³-hybridized carbons (Fsp3) is 0.333. The van der Waals surface area contributed by atoms with Gasteiger partial charge in [0.2, 0.25) is 5.88 Å². The number of nitrogens with zero attached hydrogens (tertiary/aromatic N) is 3. The van der Waals surface area contributed by atoms with Gasteiger partial charge in [-0.1, -0.05) is 5.92 Å². The van der Waals surface area contributed by atoms with Crippen molar-refractivity contribution in [3.63, 3.8) is 0 Å². The molecule has 156 valence electrons. The molecule has 2 aromatic heterocycles. The number of rotatable bonds is 4. The molecule has 3 aliphatic rings. The summed E-state index contributed by atoms with van der Waals surface area (Å²) in [5.74, 6) is 4.87. The fourth-order valence-corrected chi connectivity index (χ4v) is 3.85. The zero-order valence-electron chi connectivity index (χ0n) is 16.1. The van der Waals surface area contributed by atoms with Crippen molar-refractivity contribution in [2.24, 2.45) is 5.92 Å². The van der Waals surface area contributed by atoms with E-state index in [0.717, 1.165) is 12.1 Å². The zero-order chi connectivity index (χ0) is 21.3. The second-order valence-corrected chi connectivity index (χ2v) is 7.60. The highest BCUT2D eigenvalue weighted by molar-refractivity contribution is 7.08. The minimum Gasteiger partial charge on any atom is -0.478 e. The Morgan fingerprint density at radius 2 is 1.83 bits per heavy atom.